The third-order valence-electron chi connectivity index (χ3n) is 1.95. The zero-order valence-corrected chi connectivity index (χ0v) is 7.10. The summed E-state index contributed by atoms with van der Waals surface area (Å²) in [4.78, 5) is 11.1. The SMILES string of the molecule is COC(=O)C1=CC2=NN=C[C@H]2C=C1. The van der Waals surface area contributed by atoms with Gasteiger partial charge in [-0.3, -0.25) is 0 Å². The smallest absolute Gasteiger partial charge is 0.337 e. The molecule has 2 aliphatic rings. The lowest BCUT2D eigenvalue weighted by atomic mass is 9.96. The fraction of sp³-hybridized carbons (Fsp3) is 0.222. The number of hydrogen-bond donors (Lipinski definition) is 0. The van der Waals surface area contributed by atoms with Crippen LogP contribution < -0.4 is 0 Å². The van der Waals surface area contributed by atoms with Crippen LogP contribution in [-0.2, 0) is 9.53 Å². The molecule has 0 saturated heterocycles. The first kappa shape index (κ1) is 7.91. The molecule has 4 nitrogen and oxygen atoms in total. The molecule has 0 fully saturated rings. The molecule has 2 rings (SSSR count). The summed E-state index contributed by atoms with van der Waals surface area (Å²) in [6, 6.07) is 0. The Hall–Kier alpha value is -1.71. The molecule has 0 saturated carbocycles. The maximum atomic E-state index is 11.1. The largest absolute Gasteiger partial charge is 0.465 e. The van der Waals surface area contributed by atoms with Crippen LogP contribution in [0.5, 0.6) is 0 Å². The van der Waals surface area contributed by atoms with Gasteiger partial charge in [-0.2, -0.15) is 10.2 Å². The average Bonchev–Trinajstić information content (AvgIpc) is 2.63. The van der Waals surface area contributed by atoms with Crippen molar-refractivity contribution in [3.05, 3.63) is 23.8 Å². The lowest BCUT2D eigenvalue weighted by molar-refractivity contribution is -0.135. The van der Waals surface area contributed by atoms with Crippen molar-refractivity contribution in [1.82, 2.24) is 0 Å². The van der Waals surface area contributed by atoms with Crippen LogP contribution in [0.1, 0.15) is 0 Å². The van der Waals surface area contributed by atoms with Crippen molar-refractivity contribution in [2.45, 2.75) is 0 Å². The fourth-order valence-corrected chi connectivity index (χ4v) is 1.25. The first-order chi connectivity index (χ1) is 6.31. The normalized spacial score (nSPS) is 23.6. The fourth-order valence-electron chi connectivity index (χ4n) is 1.25. The van der Waals surface area contributed by atoms with Crippen LogP contribution >= 0.6 is 0 Å². The maximum Gasteiger partial charge on any atom is 0.337 e. The maximum absolute atomic E-state index is 11.1. The summed E-state index contributed by atoms with van der Waals surface area (Å²) >= 11 is 0. The van der Waals surface area contributed by atoms with E-state index in [-0.39, 0.29) is 11.9 Å². The number of esters is 1. The van der Waals surface area contributed by atoms with Gasteiger partial charge >= 0.3 is 5.97 Å². The molecule has 0 amide bonds. The molecular weight excluding hydrogens is 168 g/mol. The van der Waals surface area contributed by atoms with E-state index in [1.54, 1.807) is 18.4 Å². The zero-order chi connectivity index (χ0) is 9.26. The highest BCUT2D eigenvalue weighted by atomic mass is 16.5. The van der Waals surface area contributed by atoms with Gasteiger partial charge < -0.3 is 4.74 Å². The van der Waals surface area contributed by atoms with Crippen molar-refractivity contribution in [1.29, 1.82) is 0 Å². The Morgan fingerprint density at radius 2 is 2.46 bits per heavy atom. The number of carbonyl (C=O) groups is 1. The van der Waals surface area contributed by atoms with Crippen LogP contribution in [0.3, 0.4) is 0 Å². The molecule has 13 heavy (non-hydrogen) atoms. The Kier molecular flexibility index (Phi) is 1.81. The van der Waals surface area contributed by atoms with Crippen molar-refractivity contribution >= 4 is 17.9 Å². The van der Waals surface area contributed by atoms with E-state index in [0.717, 1.165) is 5.71 Å². The number of hydrogen-bond acceptors (Lipinski definition) is 4. The van der Waals surface area contributed by atoms with E-state index in [4.69, 9.17) is 0 Å². The summed E-state index contributed by atoms with van der Waals surface area (Å²) in [6.07, 6.45) is 7.04. The number of rotatable bonds is 1. The van der Waals surface area contributed by atoms with Crippen molar-refractivity contribution in [3.63, 3.8) is 0 Å². The first-order valence-corrected chi connectivity index (χ1v) is 3.90. The van der Waals surface area contributed by atoms with E-state index >= 15 is 0 Å². The Labute approximate surface area is 75.3 Å². The highest BCUT2D eigenvalue weighted by Crippen LogP contribution is 2.17. The zero-order valence-electron chi connectivity index (χ0n) is 7.10. The minimum absolute atomic E-state index is 0.133. The summed E-state index contributed by atoms with van der Waals surface area (Å²) in [7, 11) is 1.36. The number of nitrogens with zero attached hydrogens (tertiary/aromatic N) is 2. The lowest BCUT2D eigenvalue weighted by Crippen LogP contribution is -2.15. The molecule has 0 radical (unpaired) electrons. The number of fused-ring (bicyclic) bond motifs is 1. The molecule has 1 aliphatic carbocycles. The topological polar surface area (TPSA) is 51.0 Å². The third kappa shape index (κ3) is 1.30. The number of methoxy groups -OCH3 is 1. The van der Waals surface area contributed by atoms with E-state index in [0.29, 0.717) is 5.57 Å². The van der Waals surface area contributed by atoms with E-state index in [9.17, 15) is 4.79 Å². The van der Waals surface area contributed by atoms with Crippen LogP contribution in [0, 0.1) is 5.92 Å². The van der Waals surface area contributed by atoms with Crippen molar-refractivity contribution in [2.24, 2.45) is 16.1 Å². The van der Waals surface area contributed by atoms with Gasteiger partial charge in [-0.05, 0) is 6.08 Å². The average molecular weight is 176 g/mol. The van der Waals surface area contributed by atoms with Gasteiger partial charge in [0, 0.05) is 6.21 Å². The highest BCUT2D eigenvalue weighted by molar-refractivity contribution is 6.14. The third-order valence-corrected chi connectivity index (χ3v) is 1.95. The van der Waals surface area contributed by atoms with Crippen molar-refractivity contribution in [2.75, 3.05) is 7.11 Å². The molecule has 4 heteroatoms. The van der Waals surface area contributed by atoms with Gasteiger partial charge in [-0.15, -0.1) is 0 Å². The van der Waals surface area contributed by atoms with Gasteiger partial charge in [0.1, 0.15) is 0 Å². The Bertz CT molecular complexity index is 364. The predicted octanol–water partition coefficient (Wildman–Crippen LogP) is 0.712. The van der Waals surface area contributed by atoms with Gasteiger partial charge in [0.05, 0.1) is 24.3 Å². The second-order valence-corrected chi connectivity index (χ2v) is 2.77. The first-order valence-electron chi connectivity index (χ1n) is 3.90. The van der Waals surface area contributed by atoms with E-state index in [2.05, 4.69) is 14.9 Å². The molecular formula is C9H8N2O2. The molecule has 0 aromatic rings. The Morgan fingerprint density at radius 3 is 3.23 bits per heavy atom. The van der Waals surface area contributed by atoms with E-state index in [1.165, 1.54) is 7.11 Å². The van der Waals surface area contributed by atoms with Crippen LogP contribution in [-0.4, -0.2) is 25.0 Å². The molecule has 0 aromatic heterocycles. The summed E-state index contributed by atoms with van der Waals surface area (Å²) in [5.41, 5.74) is 1.31. The highest BCUT2D eigenvalue weighted by Gasteiger charge is 2.20. The van der Waals surface area contributed by atoms with E-state index in [1.807, 2.05) is 6.08 Å². The number of ether oxygens (including phenoxy) is 1. The predicted molar refractivity (Wildman–Crippen MR) is 48.7 cm³/mol. The summed E-state index contributed by atoms with van der Waals surface area (Å²) < 4.78 is 4.58. The molecule has 0 N–H and O–H groups in total. The summed E-state index contributed by atoms with van der Waals surface area (Å²) in [5, 5.41) is 7.64. The van der Waals surface area contributed by atoms with Crippen LogP contribution in [0.25, 0.3) is 0 Å². The second-order valence-electron chi connectivity index (χ2n) is 2.77. The van der Waals surface area contributed by atoms with Gasteiger partial charge in [-0.1, -0.05) is 12.2 Å². The van der Waals surface area contributed by atoms with Crippen molar-refractivity contribution in [3.8, 4) is 0 Å². The number of carbonyl (C=O) groups excluding carboxylic acids is 1. The molecule has 0 bridgehead atoms. The summed E-state index contributed by atoms with van der Waals surface area (Å²) in [5.74, 6) is -0.210. The monoisotopic (exact) mass is 176 g/mol. The molecule has 0 unspecified atom stereocenters. The van der Waals surface area contributed by atoms with Gasteiger partial charge in [0.2, 0.25) is 0 Å². The van der Waals surface area contributed by atoms with Crippen LogP contribution in [0.2, 0.25) is 0 Å². The molecule has 0 aromatic carbocycles. The van der Waals surface area contributed by atoms with Crippen molar-refractivity contribution < 1.29 is 9.53 Å². The van der Waals surface area contributed by atoms with Gasteiger partial charge in [-0.25, -0.2) is 4.79 Å². The lowest BCUT2D eigenvalue weighted by Gasteiger charge is -2.08. The molecule has 66 valence electrons. The second kappa shape index (κ2) is 2.97. The minimum Gasteiger partial charge on any atom is -0.465 e. The quantitative estimate of drug-likeness (QED) is 0.552. The molecule has 1 aliphatic heterocycles. The van der Waals surface area contributed by atoms with Crippen LogP contribution in [0.15, 0.2) is 34.0 Å². The Morgan fingerprint density at radius 1 is 1.62 bits per heavy atom. The van der Waals surface area contributed by atoms with Gasteiger partial charge in [0.25, 0.3) is 0 Å². The molecule has 0 spiro atoms. The standard InChI is InChI=1S/C9H8N2O2/c1-13-9(12)6-2-3-7-5-10-11-8(7)4-6/h2-5,7H,1H3/t7-/m1/s1. The van der Waals surface area contributed by atoms with Crippen LogP contribution in [0.4, 0.5) is 0 Å². The minimum atomic E-state index is -0.343. The molecule has 1 atom stereocenters. The Balaban J connectivity index is 2.26. The summed E-state index contributed by atoms with van der Waals surface area (Å²) in [6.45, 7) is 0. The van der Waals surface area contributed by atoms with Gasteiger partial charge in [0.15, 0.2) is 0 Å². The number of allylic oxidation sites excluding steroid dienone is 2. The molecule has 1 heterocycles. The van der Waals surface area contributed by atoms with E-state index < -0.39 is 0 Å².